The minimum atomic E-state index is -1.54. The van der Waals surface area contributed by atoms with Gasteiger partial charge in [0, 0.05) is 5.69 Å². The summed E-state index contributed by atoms with van der Waals surface area (Å²) in [5.41, 5.74) is 6.81. The summed E-state index contributed by atoms with van der Waals surface area (Å²) in [7, 11) is -1.54. The molecule has 0 aliphatic heterocycles. The zero-order valence-corrected chi connectivity index (χ0v) is 9.98. The van der Waals surface area contributed by atoms with Crippen molar-refractivity contribution in [2.24, 2.45) is 0 Å². The highest BCUT2D eigenvalue weighted by molar-refractivity contribution is 6.58. The number of carbonyl (C=O) groups excluding carboxylic acids is 1. The van der Waals surface area contributed by atoms with E-state index in [1.165, 1.54) is 24.3 Å². The number of carbonyl (C=O) groups is 1. The van der Waals surface area contributed by atoms with Crippen molar-refractivity contribution in [3.63, 3.8) is 0 Å². The number of esters is 1. The predicted molar refractivity (Wildman–Crippen MR) is 72.1 cm³/mol. The molecule has 2 aromatic carbocycles. The summed E-state index contributed by atoms with van der Waals surface area (Å²) in [5.74, 6) is -0.177. The van der Waals surface area contributed by atoms with Gasteiger partial charge in [0.2, 0.25) is 0 Å². The molecule has 0 saturated carbocycles. The molecule has 0 saturated heterocycles. The van der Waals surface area contributed by atoms with Crippen LogP contribution in [0.5, 0.6) is 5.75 Å². The molecule has 0 aromatic heterocycles. The fourth-order valence-electron chi connectivity index (χ4n) is 1.49. The number of nitrogen functional groups attached to an aromatic ring is 1. The molecule has 0 radical (unpaired) electrons. The van der Waals surface area contributed by atoms with E-state index in [1.807, 2.05) is 0 Å². The van der Waals surface area contributed by atoms with Crippen LogP contribution in [0.4, 0.5) is 5.69 Å². The third kappa shape index (κ3) is 3.34. The van der Waals surface area contributed by atoms with Gasteiger partial charge in [-0.15, -0.1) is 0 Å². The number of hydrogen-bond donors (Lipinski definition) is 3. The topological polar surface area (TPSA) is 92.8 Å². The first-order valence-corrected chi connectivity index (χ1v) is 5.60. The summed E-state index contributed by atoms with van der Waals surface area (Å²) in [4.78, 5) is 11.8. The maximum Gasteiger partial charge on any atom is 0.488 e. The molecule has 0 aliphatic rings. The van der Waals surface area contributed by atoms with Gasteiger partial charge < -0.3 is 20.5 Å². The van der Waals surface area contributed by atoms with E-state index in [0.29, 0.717) is 22.5 Å². The molecule has 2 rings (SSSR count). The Bertz CT molecular complexity index is 566. The predicted octanol–water partition coefficient (Wildman–Crippen LogP) is 0.168. The third-order valence-corrected chi connectivity index (χ3v) is 2.54. The van der Waals surface area contributed by atoms with E-state index in [-0.39, 0.29) is 0 Å². The highest BCUT2D eigenvalue weighted by Crippen LogP contribution is 2.12. The number of anilines is 1. The lowest BCUT2D eigenvalue weighted by Crippen LogP contribution is -2.29. The van der Waals surface area contributed by atoms with Gasteiger partial charge in [0.25, 0.3) is 0 Å². The molecule has 0 amide bonds. The van der Waals surface area contributed by atoms with Crippen molar-refractivity contribution >= 4 is 24.2 Å². The van der Waals surface area contributed by atoms with Gasteiger partial charge in [-0.1, -0.05) is 12.1 Å². The van der Waals surface area contributed by atoms with Crippen LogP contribution in [0.3, 0.4) is 0 Å². The van der Waals surface area contributed by atoms with Crippen molar-refractivity contribution in [3.05, 3.63) is 54.1 Å². The molecule has 19 heavy (non-hydrogen) atoms. The Morgan fingerprint density at radius 1 is 1.00 bits per heavy atom. The highest BCUT2D eigenvalue weighted by Gasteiger charge is 2.12. The maximum atomic E-state index is 11.8. The van der Waals surface area contributed by atoms with Crippen LogP contribution in [0.15, 0.2) is 48.5 Å². The summed E-state index contributed by atoms with van der Waals surface area (Å²) in [6.45, 7) is 0. The lowest BCUT2D eigenvalue weighted by molar-refractivity contribution is 0.0735. The molecular formula is C13H12BNO4. The average molecular weight is 257 g/mol. The summed E-state index contributed by atoms with van der Waals surface area (Å²) in [6.07, 6.45) is 0. The maximum absolute atomic E-state index is 11.8. The van der Waals surface area contributed by atoms with Crippen LogP contribution >= 0.6 is 0 Å². The second kappa shape index (κ2) is 5.56. The molecule has 0 aliphatic carbocycles. The average Bonchev–Trinajstić information content (AvgIpc) is 2.40. The van der Waals surface area contributed by atoms with Crippen LogP contribution in [0, 0.1) is 0 Å². The van der Waals surface area contributed by atoms with E-state index in [9.17, 15) is 4.79 Å². The fraction of sp³-hybridized carbons (Fsp3) is 0. The van der Waals surface area contributed by atoms with Crippen LogP contribution in [0.2, 0.25) is 0 Å². The Kier molecular flexibility index (Phi) is 3.84. The number of nitrogens with two attached hydrogens (primary N) is 1. The minimum Gasteiger partial charge on any atom is -0.423 e. The number of hydrogen-bond acceptors (Lipinski definition) is 5. The quantitative estimate of drug-likeness (QED) is 0.315. The first kappa shape index (κ1) is 13.1. The number of rotatable bonds is 3. The van der Waals surface area contributed by atoms with Gasteiger partial charge in [-0.25, -0.2) is 4.79 Å². The monoisotopic (exact) mass is 257 g/mol. The van der Waals surface area contributed by atoms with E-state index < -0.39 is 13.1 Å². The summed E-state index contributed by atoms with van der Waals surface area (Å²) in [5, 5.41) is 17.9. The van der Waals surface area contributed by atoms with Gasteiger partial charge in [0.05, 0.1) is 5.56 Å². The molecule has 0 spiro atoms. The molecular weight excluding hydrogens is 245 g/mol. The minimum absolute atomic E-state index is 0.325. The van der Waals surface area contributed by atoms with Gasteiger partial charge >= 0.3 is 13.1 Å². The fourth-order valence-corrected chi connectivity index (χ4v) is 1.49. The normalized spacial score (nSPS) is 10.0. The van der Waals surface area contributed by atoms with E-state index in [2.05, 4.69) is 0 Å². The smallest absolute Gasteiger partial charge is 0.423 e. The highest BCUT2D eigenvalue weighted by atomic mass is 16.5. The van der Waals surface area contributed by atoms with Crippen molar-refractivity contribution in [3.8, 4) is 5.75 Å². The van der Waals surface area contributed by atoms with Gasteiger partial charge in [-0.2, -0.15) is 0 Å². The summed E-state index contributed by atoms with van der Waals surface area (Å²) >= 11 is 0. The molecule has 0 bridgehead atoms. The summed E-state index contributed by atoms with van der Waals surface area (Å²) < 4.78 is 5.13. The first-order chi connectivity index (χ1) is 9.06. The number of benzene rings is 2. The Morgan fingerprint density at radius 3 is 2.11 bits per heavy atom. The molecule has 4 N–H and O–H groups in total. The second-order valence-corrected chi connectivity index (χ2v) is 3.95. The molecule has 96 valence electrons. The van der Waals surface area contributed by atoms with Gasteiger partial charge in [0.1, 0.15) is 5.75 Å². The van der Waals surface area contributed by atoms with Crippen LogP contribution in [-0.2, 0) is 0 Å². The first-order valence-electron chi connectivity index (χ1n) is 5.60. The van der Waals surface area contributed by atoms with Gasteiger partial charge in [-0.05, 0) is 41.9 Å². The van der Waals surface area contributed by atoms with Crippen LogP contribution in [0.25, 0.3) is 0 Å². The largest absolute Gasteiger partial charge is 0.488 e. The number of ether oxygens (including phenoxy) is 1. The van der Waals surface area contributed by atoms with Gasteiger partial charge in [-0.3, -0.25) is 0 Å². The second-order valence-electron chi connectivity index (χ2n) is 3.95. The van der Waals surface area contributed by atoms with Crippen molar-refractivity contribution in [2.75, 3.05) is 5.73 Å². The third-order valence-electron chi connectivity index (χ3n) is 2.54. The Labute approximate surface area is 110 Å². The van der Waals surface area contributed by atoms with Crippen molar-refractivity contribution in [1.29, 1.82) is 0 Å². The molecule has 5 nitrogen and oxygen atoms in total. The zero-order chi connectivity index (χ0) is 13.8. The standard InChI is InChI=1S/C13H12BNO4/c15-11-5-1-9(2-6-11)13(16)19-12-7-3-10(4-8-12)14(17)18/h1-8,17-18H,15H2. The SMILES string of the molecule is Nc1ccc(C(=O)Oc2ccc(B(O)O)cc2)cc1. The molecule has 0 fully saturated rings. The molecule has 6 heteroatoms. The van der Waals surface area contributed by atoms with Crippen LogP contribution in [0.1, 0.15) is 10.4 Å². The van der Waals surface area contributed by atoms with Crippen molar-refractivity contribution in [1.82, 2.24) is 0 Å². The molecule has 0 atom stereocenters. The summed E-state index contributed by atoms with van der Waals surface area (Å²) in [6, 6.07) is 12.3. The Hall–Kier alpha value is -2.31. The lowest BCUT2D eigenvalue weighted by Gasteiger charge is -2.05. The van der Waals surface area contributed by atoms with Crippen LogP contribution in [-0.4, -0.2) is 23.1 Å². The van der Waals surface area contributed by atoms with E-state index in [1.54, 1.807) is 24.3 Å². The van der Waals surface area contributed by atoms with Crippen LogP contribution < -0.4 is 15.9 Å². The lowest BCUT2D eigenvalue weighted by atomic mass is 9.80. The Morgan fingerprint density at radius 2 is 1.58 bits per heavy atom. The van der Waals surface area contributed by atoms with E-state index in [0.717, 1.165) is 0 Å². The Balaban J connectivity index is 2.08. The molecule has 0 unspecified atom stereocenters. The van der Waals surface area contributed by atoms with Crippen molar-refractivity contribution < 1.29 is 19.6 Å². The van der Waals surface area contributed by atoms with E-state index in [4.69, 9.17) is 20.5 Å². The van der Waals surface area contributed by atoms with E-state index >= 15 is 0 Å². The molecule has 2 aromatic rings. The van der Waals surface area contributed by atoms with Crippen molar-refractivity contribution in [2.45, 2.75) is 0 Å². The molecule has 0 heterocycles. The van der Waals surface area contributed by atoms with Gasteiger partial charge in [0.15, 0.2) is 0 Å². The zero-order valence-electron chi connectivity index (χ0n) is 9.98.